The molecule has 0 saturated heterocycles. The summed E-state index contributed by atoms with van der Waals surface area (Å²) < 4.78 is 17.2. The summed E-state index contributed by atoms with van der Waals surface area (Å²) in [7, 11) is 0. The molecule has 0 aliphatic heterocycles. The van der Waals surface area contributed by atoms with Crippen molar-refractivity contribution in [3.63, 3.8) is 0 Å². The number of aromatic nitrogens is 1. The van der Waals surface area contributed by atoms with Gasteiger partial charge in [0.1, 0.15) is 5.56 Å². The second-order valence-electron chi connectivity index (χ2n) is 11.0. The lowest BCUT2D eigenvalue weighted by atomic mass is 9.69. The van der Waals surface area contributed by atoms with Crippen molar-refractivity contribution in [2.24, 2.45) is 0 Å². The van der Waals surface area contributed by atoms with Crippen LogP contribution in [0.2, 0.25) is 0 Å². The lowest BCUT2D eigenvalue weighted by Crippen LogP contribution is -2.58. The van der Waals surface area contributed by atoms with Crippen molar-refractivity contribution in [2.75, 3.05) is 11.1 Å². The van der Waals surface area contributed by atoms with Gasteiger partial charge in [-0.3, -0.25) is 4.79 Å². The SMILES string of the molecule is CCC[C@]1(Nc2cc3c(c(N)c2F)c(=O)c(C(=O)O)cn3C(C)C)C[C@H](N[C@@H]2C[C@H]2c2ccccc2)C1. The maximum Gasteiger partial charge on any atom is 0.341 e. The lowest BCUT2D eigenvalue weighted by molar-refractivity contribution is 0.0694. The van der Waals surface area contributed by atoms with Crippen LogP contribution in [0.1, 0.15) is 80.8 Å². The molecule has 1 heterocycles. The number of hydrogen-bond donors (Lipinski definition) is 4. The molecule has 2 aliphatic carbocycles. The molecular formula is C29H35FN4O3. The molecule has 196 valence electrons. The summed E-state index contributed by atoms with van der Waals surface area (Å²) in [5.74, 6) is -1.51. The molecule has 7 nitrogen and oxygen atoms in total. The van der Waals surface area contributed by atoms with Crippen molar-refractivity contribution in [1.82, 2.24) is 9.88 Å². The minimum atomic E-state index is -1.36. The van der Waals surface area contributed by atoms with Crippen LogP contribution in [0.15, 0.2) is 47.4 Å². The van der Waals surface area contributed by atoms with Gasteiger partial charge in [0, 0.05) is 35.8 Å². The van der Waals surface area contributed by atoms with Crippen molar-refractivity contribution in [1.29, 1.82) is 0 Å². The average molecular weight is 507 g/mol. The van der Waals surface area contributed by atoms with Gasteiger partial charge >= 0.3 is 5.97 Å². The molecule has 0 amide bonds. The van der Waals surface area contributed by atoms with E-state index in [1.807, 2.05) is 19.9 Å². The smallest absolute Gasteiger partial charge is 0.341 e. The zero-order valence-corrected chi connectivity index (χ0v) is 21.6. The molecule has 2 fully saturated rings. The zero-order valence-electron chi connectivity index (χ0n) is 21.6. The molecule has 2 aromatic carbocycles. The second kappa shape index (κ2) is 9.49. The highest BCUT2D eigenvalue weighted by molar-refractivity contribution is 5.99. The summed E-state index contributed by atoms with van der Waals surface area (Å²) >= 11 is 0. The third-order valence-electron chi connectivity index (χ3n) is 7.95. The number of carboxylic acids is 1. The Kier molecular flexibility index (Phi) is 6.48. The summed E-state index contributed by atoms with van der Waals surface area (Å²) in [6.45, 7) is 5.87. The zero-order chi connectivity index (χ0) is 26.5. The standard InChI is InChI=1S/C29H35FN4O3/c1-4-10-29(13-18(14-29)32-21-11-19(21)17-8-6-5-7-9-17)33-22-12-23-24(26(31)25(22)30)27(35)20(28(36)37)15-34(23)16(2)3/h5-9,12,15-16,18-19,21,32-33H,4,10-11,13-14,31H2,1-3H3,(H,36,37)/t18-,19-,21+,29-/m0/s1. The van der Waals surface area contributed by atoms with Crippen molar-refractivity contribution in [3.8, 4) is 0 Å². The Bertz CT molecular complexity index is 1400. The number of halogens is 1. The fourth-order valence-electron chi connectivity index (χ4n) is 6.06. The van der Waals surface area contributed by atoms with Gasteiger partial charge in [-0.2, -0.15) is 0 Å². The minimum Gasteiger partial charge on any atom is -0.477 e. The molecule has 2 atom stereocenters. The first-order valence-electron chi connectivity index (χ1n) is 13.1. The van der Waals surface area contributed by atoms with Gasteiger partial charge in [0.2, 0.25) is 5.43 Å². The van der Waals surface area contributed by atoms with Gasteiger partial charge in [0.05, 0.1) is 22.3 Å². The summed E-state index contributed by atoms with van der Waals surface area (Å²) in [6.07, 6.45) is 6.01. The number of fused-ring (bicyclic) bond motifs is 1. The highest BCUT2D eigenvalue weighted by Crippen LogP contribution is 2.46. The van der Waals surface area contributed by atoms with Crippen LogP contribution >= 0.6 is 0 Å². The number of aromatic carboxylic acids is 1. The number of nitrogens with one attached hydrogen (secondary N) is 2. The number of carbonyl (C=O) groups is 1. The molecule has 8 heteroatoms. The first-order valence-corrected chi connectivity index (χ1v) is 13.1. The third kappa shape index (κ3) is 4.59. The number of nitrogens with two attached hydrogens (primary N) is 1. The quantitative estimate of drug-likeness (QED) is 0.295. The van der Waals surface area contributed by atoms with Crippen LogP contribution in [-0.4, -0.2) is 33.3 Å². The molecule has 1 aromatic heterocycles. The number of hydrogen-bond acceptors (Lipinski definition) is 5. The van der Waals surface area contributed by atoms with E-state index in [1.54, 1.807) is 10.6 Å². The molecule has 0 unspecified atom stereocenters. The monoisotopic (exact) mass is 506 g/mol. The van der Waals surface area contributed by atoms with Crippen molar-refractivity contribution < 1.29 is 14.3 Å². The maximum absolute atomic E-state index is 15.6. The predicted molar refractivity (Wildman–Crippen MR) is 145 cm³/mol. The molecule has 37 heavy (non-hydrogen) atoms. The van der Waals surface area contributed by atoms with Gasteiger partial charge in [0.15, 0.2) is 5.82 Å². The fourth-order valence-corrected chi connectivity index (χ4v) is 6.06. The molecule has 3 aromatic rings. The maximum atomic E-state index is 15.6. The van der Waals surface area contributed by atoms with E-state index < -0.39 is 22.8 Å². The number of nitrogens with zero attached hydrogens (tertiary/aromatic N) is 1. The fraction of sp³-hybridized carbons (Fsp3) is 0.448. The van der Waals surface area contributed by atoms with Gasteiger partial charge in [-0.1, -0.05) is 43.7 Å². The van der Waals surface area contributed by atoms with Crippen molar-refractivity contribution in [3.05, 3.63) is 69.8 Å². The Balaban J connectivity index is 1.40. The lowest BCUT2D eigenvalue weighted by Gasteiger charge is -2.49. The van der Waals surface area contributed by atoms with Crippen LogP contribution in [0.5, 0.6) is 0 Å². The second-order valence-corrected chi connectivity index (χ2v) is 11.0. The highest BCUT2D eigenvalue weighted by Gasteiger charge is 2.48. The molecule has 5 N–H and O–H groups in total. The topological polar surface area (TPSA) is 109 Å². The van der Waals surface area contributed by atoms with E-state index in [0.717, 1.165) is 32.1 Å². The summed E-state index contributed by atoms with van der Waals surface area (Å²) in [5, 5.41) is 16.7. The van der Waals surface area contributed by atoms with Gasteiger partial charge in [0.25, 0.3) is 0 Å². The molecule has 0 radical (unpaired) electrons. The largest absolute Gasteiger partial charge is 0.477 e. The van der Waals surface area contributed by atoms with Crippen LogP contribution in [0.4, 0.5) is 15.8 Å². The van der Waals surface area contributed by atoms with Gasteiger partial charge in [-0.15, -0.1) is 0 Å². The molecule has 2 aliphatic rings. The highest BCUT2D eigenvalue weighted by atomic mass is 19.1. The van der Waals surface area contributed by atoms with E-state index in [1.165, 1.54) is 11.8 Å². The molecular weight excluding hydrogens is 471 g/mol. The van der Waals surface area contributed by atoms with Crippen LogP contribution in [0, 0.1) is 5.82 Å². The summed E-state index contributed by atoms with van der Waals surface area (Å²) in [6, 6.07) is 12.8. The molecule has 0 bridgehead atoms. The van der Waals surface area contributed by atoms with E-state index in [0.29, 0.717) is 23.5 Å². The minimum absolute atomic E-state index is 0.0879. The average Bonchev–Trinajstić information content (AvgIpc) is 3.60. The van der Waals surface area contributed by atoms with Crippen LogP contribution < -0.4 is 21.8 Å². The van der Waals surface area contributed by atoms with Gasteiger partial charge < -0.3 is 26.0 Å². The third-order valence-corrected chi connectivity index (χ3v) is 7.95. The van der Waals surface area contributed by atoms with Crippen LogP contribution in [-0.2, 0) is 0 Å². The van der Waals surface area contributed by atoms with Crippen molar-refractivity contribution in [2.45, 2.75) is 82.5 Å². The van der Waals surface area contributed by atoms with Gasteiger partial charge in [-0.05, 0) is 51.2 Å². The Labute approximate surface area is 215 Å². The number of nitrogen functional groups attached to an aromatic ring is 1. The first-order chi connectivity index (χ1) is 17.6. The van der Waals surface area contributed by atoms with Crippen LogP contribution in [0.3, 0.4) is 0 Å². The van der Waals surface area contributed by atoms with E-state index in [4.69, 9.17) is 5.73 Å². The Morgan fingerprint density at radius 2 is 1.97 bits per heavy atom. The first kappa shape index (κ1) is 25.3. The van der Waals surface area contributed by atoms with E-state index in [9.17, 15) is 14.7 Å². The Hall–Kier alpha value is -3.39. The van der Waals surface area contributed by atoms with Gasteiger partial charge in [-0.25, -0.2) is 9.18 Å². The number of anilines is 2. The number of benzene rings is 2. The Morgan fingerprint density at radius 3 is 2.59 bits per heavy atom. The summed E-state index contributed by atoms with van der Waals surface area (Å²) in [4.78, 5) is 24.6. The number of carboxylic acid groups (broad SMARTS) is 1. The molecule has 0 spiro atoms. The number of pyridine rings is 1. The van der Waals surface area contributed by atoms with E-state index in [2.05, 4.69) is 41.8 Å². The Morgan fingerprint density at radius 1 is 1.27 bits per heavy atom. The number of rotatable bonds is 9. The normalized spacial score (nSPS) is 24.7. The van der Waals surface area contributed by atoms with E-state index >= 15 is 4.39 Å². The molecule has 2 saturated carbocycles. The summed E-state index contributed by atoms with van der Waals surface area (Å²) in [5.41, 5.74) is 6.43. The van der Waals surface area contributed by atoms with E-state index in [-0.39, 0.29) is 28.3 Å². The van der Waals surface area contributed by atoms with Crippen molar-refractivity contribution >= 4 is 28.2 Å². The predicted octanol–water partition coefficient (Wildman–Crippen LogP) is 5.26. The van der Waals surface area contributed by atoms with Crippen LogP contribution in [0.25, 0.3) is 10.9 Å². The molecule has 5 rings (SSSR count).